The Morgan fingerprint density at radius 1 is 1.17 bits per heavy atom. The van der Waals surface area contributed by atoms with Crippen LogP contribution in [0.1, 0.15) is 18.5 Å². The van der Waals surface area contributed by atoms with Crippen LogP contribution in [0.15, 0.2) is 52.2 Å². The van der Waals surface area contributed by atoms with Crippen molar-refractivity contribution >= 4 is 40.3 Å². The van der Waals surface area contributed by atoms with Gasteiger partial charge in [0.25, 0.3) is 5.56 Å². The van der Waals surface area contributed by atoms with E-state index in [1.54, 1.807) is 13.0 Å². The summed E-state index contributed by atoms with van der Waals surface area (Å²) < 4.78 is 41.5. The van der Waals surface area contributed by atoms with Crippen molar-refractivity contribution < 1.29 is 37.4 Å². The zero-order chi connectivity index (χ0) is 25.8. The van der Waals surface area contributed by atoms with E-state index in [4.69, 9.17) is 5.11 Å². The highest BCUT2D eigenvalue weighted by Crippen LogP contribution is 2.24. The molecule has 0 bridgehead atoms. The van der Waals surface area contributed by atoms with Gasteiger partial charge in [-0.15, -0.1) is 30.0 Å². The molecule has 2 aromatic carbocycles. The SMILES string of the molecule is CC(NC(=O)Cn1nnc2ccc(SCC(=O)C(=O)O)cc2c1=O)c1ccc(OC(F)(F)F)cc1. The molecule has 10 nitrogen and oxygen atoms in total. The van der Waals surface area contributed by atoms with Crippen molar-refractivity contribution in [3.05, 3.63) is 58.4 Å². The molecule has 0 aliphatic heterocycles. The van der Waals surface area contributed by atoms with Crippen molar-refractivity contribution in [1.29, 1.82) is 0 Å². The maximum atomic E-state index is 12.8. The molecule has 0 saturated heterocycles. The number of alkyl halides is 3. The van der Waals surface area contributed by atoms with E-state index in [2.05, 4.69) is 20.4 Å². The number of aliphatic carboxylic acids is 1. The summed E-state index contributed by atoms with van der Waals surface area (Å²) in [6, 6.07) is 8.82. The van der Waals surface area contributed by atoms with Crippen LogP contribution in [0.2, 0.25) is 0 Å². The number of fused-ring (bicyclic) bond motifs is 1. The molecule has 2 N–H and O–H groups in total. The lowest BCUT2D eigenvalue weighted by Gasteiger charge is -2.15. The Balaban J connectivity index is 1.68. The van der Waals surface area contributed by atoms with Gasteiger partial charge in [-0.25, -0.2) is 9.48 Å². The molecule has 0 aliphatic rings. The Hall–Kier alpha value is -3.94. The van der Waals surface area contributed by atoms with E-state index in [9.17, 15) is 32.3 Å². The largest absolute Gasteiger partial charge is 0.573 e. The minimum absolute atomic E-state index is 0.119. The number of rotatable bonds is 9. The average molecular weight is 510 g/mol. The van der Waals surface area contributed by atoms with Crippen LogP contribution < -0.4 is 15.6 Å². The molecule has 3 aromatic rings. The van der Waals surface area contributed by atoms with Crippen molar-refractivity contribution in [2.75, 3.05) is 5.75 Å². The van der Waals surface area contributed by atoms with Gasteiger partial charge in [0.15, 0.2) is 0 Å². The first kappa shape index (κ1) is 25.7. The number of amides is 1. The van der Waals surface area contributed by atoms with Crippen LogP contribution in [-0.2, 0) is 20.9 Å². The Morgan fingerprint density at radius 3 is 2.49 bits per heavy atom. The van der Waals surface area contributed by atoms with Crippen LogP contribution in [0, 0.1) is 0 Å². The summed E-state index contributed by atoms with van der Waals surface area (Å²) in [5, 5.41) is 19.0. The Labute approximate surface area is 199 Å². The molecule has 1 amide bonds. The second kappa shape index (κ2) is 10.5. The number of carbonyl (C=O) groups excluding carboxylic acids is 2. The standard InChI is InChI=1S/C21H17F3N4O6S/c1-11(12-2-4-13(5-3-12)34-21(22,23)24)25-18(30)9-28-19(31)15-8-14(6-7-16(15)26-27-28)35-10-17(29)20(32)33/h2-8,11H,9-10H2,1H3,(H,25,30)(H,32,33). The smallest absolute Gasteiger partial charge is 0.475 e. The number of thioether (sulfide) groups is 1. The zero-order valence-corrected chi connectivity index (χ0v) is 18.7. The molecule has 184 valence electrons. The van der Waals surface area contributed by atoms with E-state index in [-0.39, 0.29) is 16.7 Å². The van der Waals surface area contributed by atoms with Crippen molar-refractivity contribution in [3.8, 4) is 5.75 Å². The lowest BCUT2D eigenvalue weighted by atomic mass is 10.1. The normalized spacial score (nSPS) is 12.2. The fourth-order valence-electron chi connectivity index (χ4n) is 2.92. The number of carboxylic acids is 1. The number of nitrogens with one attached hydrogen (secondary N) is 1. The van der Waals surface area contributed by atoms with Gasteiger partial charge in [0, 0.05) is 4.90 Å². The Kier molecular flexibility index (Phi) is 7.74. The lowest BCUT2D eigenvalue weighted by Crippen LogP contribution is -2.35. The number of benzene rings is 2. The number of nitrogens with zero attached hydrogens (tertiary/aromatic N) is 3. The fraction of sp³-hybridized carbons (Fsp3) is 0.238. The summed E-state index contributed by atoms with van der Waals surface area (Å²) in [6.07, 6.45) is -4.81. The van der Waals surface area contributed by atoms with Gasteiger partial charge in [-0.05, 0) is 42.8 Å². The van der Waals surface area contributed by atoms with E-state index in [0.717, 1.165) is 28.6 Å². The van der Waals surface area contributed by atoms with Crippen LogP contribution >= 0.6 is 11.8 Å². The summed E-state index contributed by atoms with van der Waals surface area (Å²) in [7, 11) is 0. The molecule has 35 heavy (non-hydrogen) atoms. The molecular formula is C21H17F3N4O6S. The van der Waals surface area contributed by atoms with Crippen LogP contribution in [0.25, 0.3) is 10.9 Å². The van der Waals surface area contributed by atoms with Crippen molar-refractivity contribution in [1.82, 2.24) is 20.3 Å². The highest BCUT2D eigenvalue weighted by atomic mass is 32.2. The van der Waals surface area contributed by atoms with Gasteiger partial charge >= 0.3 is 12.3 Å². The van der Waals surface area contributed by atoms with Gasteiger partial charge < -0.3 is 15.2 Å². The Morgan fingerprint density at radius 2 is 1.86 bits per heavy atom. The van der Waals surface area contributed by atoms with Gasteiger partial charge in [-0.2, -0.15) is 0 Å². The molecule has 0 aliphatic carbocycles. The third-order valence-electron chi connectivity index (χ3n) is 4.59. The van der Waals surface area contributed by atoms with Crippen LogP contribution in [0.4, 0.5) is 13.2 Å². The maximum Gasteiger partial charge on any atom is 0.573 e. The van der Waals surface area contributed by atoms with Gasteiger partial charge in [-0.1, -0.05) is 17.3 Å². The van der Waals surface area contributed by atoms with Gasteiger partial charge in [0.1, 0.15) is 17.8 Å². The molecule has 1 unspecified atom stereocenters. The van der Waals surface area contributed by atoms with E-state index in [1.165, 1.54) is 24.3 Å². The second-order valence-corrected chi connectivity index (χ2v) is 8.20. The fourth-order valence-corrected chi connectivity index (χ4v) is 3.71. The van der Waals surface area contributed by atoms with Crippen LogP contribution in [0.5, 0.6) is 5.75 Å². The summed E-state index contributed by atoms with van der Waals surface area (Å²) in [5.41, 5.74) is 0.121. The first-order chi connectivity index (χ1) is 16.4. The zero-order valence-electron chi connectivity index (χ0n) is 17.9. The number of carboxylic acid groups (broad SMARTS) is 1. The molecule has 0 radical (unpaired) electrons. The minimum Gasteiger partial charge on any atom is -0.475 e. The van der Waals surface area contributed by atoms with Crippen LogP contribution in [0.3, 0.4) is 0 Å². The second-order valence-electron chi connectivity index (χ2n) is 7.15. The van der Waals surface area contributed by atoms with Crippen LogP contribution in [-0.4, -0.2) is 49.9 Å². The molecule has 0 spiro atoms. The molecule has 1 atom stereocenters. The molecule has 3 rings (SSSR count). The Bertz CT molecular complexity index is 1330. The summed E-state index contributed by atoms with van der Waals surface area (Å²) in [5.74, 6) is -3.87. The predicted octanol–water partition coefficient (Wildman–Crippen LogP) is 2.31. The predicted molar refractivity (Wildman–Crippen MR) is 117 cm³/mol. The van der Waals surface area contributed by atoms with E-state index >= 15 is 0 Å². The minimum atomic E-state index is -4.81. The molecular weight excluding hydrogens is 493 g/mol. The number of ketones is 1. The van der Waals surface area contributed by atoms with Crippen molar-refractivity contribution in [2.24, 2.45) is 0 Å². The molecule has 0 saturated carbocycles. The third-order valence-corrected chi connectivity index (χ3v) is 5.58. The number of hydrogen-bond acceptors (Lipinski definition) is 8. The highest BCUT2D eigenvalue weighted by molar-refractivity contribution is 8.00. The first-order valence-electron chi connectivity index (χ1n) is 9.84. The molecule has 1 aromatic heterocycles. The summed E-state index contributed by atoms with van der Waals surface area (Å²) in [6.45, 7) is 1.13. The third kappa shape index (κ3) is 7.02. The van der Waals surface area contributed by atoms with E-state index in [1.807, 2.05) is 0 Å². The lowest BCUT2D eigenvalue weighted by molar-refractivity contribution is -0.274. The van der Waals surface area contributed by atoms with Gasteiger partial charge in [0.05, 0.1) is 17.2 Å². The first-order valence-corrected chi connectivity index (χ1v) is 10.8. The quantitative estimate of drug-likeness (QED) is 0.328. The summed E-state index contributed by atoms with van der Waals surface area (Å²) in [4.78, 5) is 47.6. The monoisotopic (exact) mass is 510 g/mol. The topological polar surface area (TPSA) is 140 Å². The van der Waals surface area contributed by atoms with Gasteiger partial charge in [-0.3, -0.25) is 14.4 Å². The number of carbonyl (C=O) groups is 3. The maximum absolute atomic E-state index is 12.8. The number of Topliss-reactive ketones (excluding diaryl/α,β-unsaturated/α-hetero) is 1. The highest BCUT2D eigenvalue weighted by Gasteiger charge is 2.31. The number of halogens is 3. The summed E-state index contributed by atoms with van der Waals surface area (Å²) >= 11 is 0.933. The average Bonchev–Trinajstić information content (AvgIpc) is 2.78. The molecule has 0 fully saturated rings. The van der Waals surface area contributed by atoms with E-state index < -0.39 is 47.9 Å². The van der Waals surface area contributed by atoms with E-state index in [0.29, 0.717) is 10.5 Å². The number of aromatic nitrogens is 3. The van der Waals surface area contributed by atoms with Crippen molar-refractivity contribution in [2.45, 2.75) is 30.8 Å². The number of ether oxygens (including phenoxy) is 1. The van der Waals surface area contributed by atoms with Crippen molar-refractivity contribution in [3.63, 3.8) is 0 Å². The molecule has 14 heteroatoms. The van der Waals surface area contributed by atoms with Gasteiger partial charge in [0.2, 0.25) is 11.7 Å². The number of hydrogen-bond donors (Lipinski definition) is 2. The molecule has 1 heterocycles.